The number of nitrogens with one attached hydrogen (secondary N) is 2. The lowest BCUT2D eigenvalue weighted by Gasteiger charge is -2.27. The van der Waals surface area contributed by atoms with Crippen molar-refractivity contribution in [2.24, 2.45) is 0 Å². The first-order valence-corrected chi connectivity index (χ1v) is 8.90. The summed E-state index contributed by atoms with van der Waals surface area (Å²) in [4.78, 5) is 35.9. The number of hydrogen-bond acceptors (Lipinski definition) is 5. The molecule has 1 heterocycles. The van der Waals surface area contributed by atoms with Crippen molar-refractivity contribution in [2.75, 3.05) is 17.7 Å². The summed E-state index contributed by atoms with van der Waals surface area (Å²) >= 11 is 1.31. The quantitative estimate of drug-likeness (QED) is 0.791. The highest BCUT2D eigenvalue weighted by Crippen LogP contribution is 2.22. The SMILES string of the molecule is CCOC(=O)[C@H]1CS[C@H](CC(=O)Nc2cc(C)cc(C)c2)C(=O)N1. The van der Waals surface area contributed by atoms with Gasteiger partial charge in [0.25, 0.3) is 0 Å². The maximum atomic E-state index is 12.2. The summed E-state index contributed by atoms with van der Waals surface area (Å²) in [5, 5.41) is 4.95. The molecule has 1 aliphatic heterocycles. The second-order valence-electron chi connectivity index (χ2n) is 5.76. The van der Waals surface area contributed by atoms with Crippen LogP contribution < -0.4 is 10.6 Å². The Balaban J connectivity index is 1.88. The van der Waals surface area contributed by atoms with Crippen LogP contribution in [0.2, 0.25) is 0 Å². The summed E-state index contributed by atoms with van der Waals surface area (Å²) in [5.41, 5.74) is 2.85. The number of carbonyl (C=O) groups excluding carboxylic acids is 3. The molecule has 2 atom stereocenters. The highest BCUT2D eigenvalue weighted by molar-refractivity contribution is 8.00. The third-order valence-corrected chi connectivity index (χ3v) is 4.83. The molecule has 1 aromatic carbocycles. The predicted octanol–water partition coefficient (Wildman–Crippen LogP) is 1.80. The van der Waals surface area contributed by atoms with E-state index in [4.69, 9.17) is 4.74 Å². The van der Waals surface area contributed by atoms with Crippen LogP contribution in [0.15, 0.2) is 18.2 Å². The van der Waals surface area contributed by atoms with Gasteiger partial charge >= 0.3 is 5.97 Å². The Labute approximate surface area is 145 Å². The van der Waals surface area contributed by atoms with Gasteiger partial charge in [-0.15, -0.1) is 11.8 Å². The molecule has 0 spiro atoms. The summed E-state index contributed by atoms with van der Waals surface area (Å²) in [7, 11) is 0. The van der Waals surface area contributed by atoms with Crippen molar-refractivity contribution < 1.29 is 19.1 Å². The fourth-order valence-electron chi connectivity index (χ4n) is 2.54. The van der Waals surface area contributed by atoms with E-state index in [2.05, 4.69) is 10.6 Å². The molecule has 2 amide bonds. The zero-order valence-corrected chi connectivity index (χ0v) is 14.9. The molecule has 0 unspecified atom stereocenters. The van der Waals surface area contributed by atoms with Crippen LogP contribution in [0.4, 0.5) is 5.69 Å². The largest absolute Gasteiger partial charge is 0.464 e. The highest BCUT2D eigenvalue weighted by atomic mass is 32.2. The van der Waals surface area contributed by atoms with Gasteiger partial charge < -0.3 is 15.4 Å². The number of aryl methyl sites for hydroxylation is 2. The smallest absolute Gasteiger partial charge is 0.329 e. The van der Waals surface area contributed by atoms with Crippen LogP contribution in [-0.2, 0) is 19.1 Å². The number of esters is 1. The van der Waals surface area contributed by atoms with Crippen molar-refractivity contribution in [3.8, 4) is 0 Å². The van der Waals surface area contributed by atoms with Crippen molar-refractivity contribution >= 4 is 35.2 Å². The van der Waals surface area contributed by atoms with Crippen LogP contribution in [0.3, 0.4) is 0 Å². The molecule has 1 fully saturated rings. The van der Waals surface area contributed by atoms with Crippen molar-refractivity contribution in [3.63, 3.8) is 0 Å². The third-order valence-electron chi connectivity index (χ3n) is 3.52. The molecule has 6 nitrogen and oxygen atoms in total. The molecular weight excluding hydrogens is 328 g/mol. The normalized spacial score (nSPS) is 20.2. The number of thioether (sulfide) groups is 1. The standard InChI is InChI=1S/C17H22N2O4S/c1-4-23-17(22)13-9-24-14(16(21)19-13)8-15(20)18-12-6-10(2)5-11(3)7-12/h5-7,13-14H,4,8-9H2,1-3H3,(H,18,20)(H,19,21)/t13-,14-/m1/s1. The summed E-state index contributed by atoms with van der Waals surface area (Å²) in [6.07, 6.45) is 0.0685. The van der Waals surface area contributed by atoms with Gasteiger partial charge in [0, 0.05) is 17.9 Å². The second-order valence-corrected chi connectivity index (χ2v) is 7.00. The minimum Gasteiger partial charge on any atom is -0.464 e. The van der Waals surface area contributed by atoms with E-state index >= 15 is 0 Å². The van der Waals surface area contributed by atoms with E-state index in [1.165, 1.54) is 11.8 Å². The molecule has 7 heteroatoms. The summed E-state index contributed by atoms with van der Waals surface area (Å²) in [6, 6.07) is 5.16. The zero-order chi connectivity index (χ0) is 17.7. The molecule has 0 bridgehead atoms. The predicted molar refractivity (Wildman–Crippen MR) is 94.0 cm³/mol. The first-order valence-electron chi connectivity index (χ1n) is 7.85. The molecule has 2 rings (SSSR count). The number of hydrogen-bond donors (Lipinski definition) is 2. The van der Waals surface area contributed by atoms with Gasteiger partial charge in [-0.25, -0.2) is 4.79 Å². The number of carbonyl (C=O) groups is 3. The lowest BCUT2D eigenvalue weighted by molar-refractivity contribution is -0.146. The summed E-state index contributed by atoms with van der Waals surface area (Å²) in [5.74, 6) is -0.551. The van der Waals surface area contributed by atoms with Crippen LogP contribution in [-0.4, -0.2) is 41.4 Å². The number of rotatable bonds is 5. The van der Waals surface area contributed by atoms with Crippen LogP contribution in [0.25, 0.3) is 0 Å². The molecule has 130 valence electrons. The van der Waals surface area contributed by atoms with E-state index in [1.807, 2.05) is 32.0 Å². The van der Waals surface area contributed by atoms with Crippen molar-refractivity contribution in [2.45, 2.75) is 38.5 Å². The van der Waals surface area contributed by atoms with Gasteiger partial charge in [0.2, 0.25) is 11.8 Å². The van der Waals surface area contributed by atoms with Gasteiger partial charge in [-0.1, -0.05) is 6.07 Å². The number of anilines is 1. The third kappa shape index (κ3) is 4.99. The maximum absolute atomic E-state index is 12.2. The van der Waals surface area contributed by atoms with Crippen molar-refractivity contribution in [3.05, 3.63) is 29.3 Å². The first-order chi connectivity index (χ1) is 11.4. The van der Waals surface area contributed by atoms with Gasteiger partial charge in [-0.05, 0) is 44.0 Å². The molecule has 1 aliphatic rings. The van der Waals surface area contributed by atoms with Crippen LogP contribution >= 0.6 is 11.8 Å². The van der Waals surface area contributed by atoms with Gasteiger partial charge in [0.15, 0.2) is 0 Å². The van der Waals surface area contributed by atoms with Crippen molar-refractivity contribution in [1.29, 1.82) is 0 Å². The molecule has 24 heavy (non-hydrogen) atoms. The van der Waals surface area contributed by atoms with Crippen LogP contribution in [0.5, 0.6) is 0 Å². The molecular formula is C17H22N2O4S. The Bertz CT molecular complexity index is 627. The second kappa shape index (κ2) is 8.19. The Morgan fingerprint density at radius 3 is 2.54 bits per heavy atom. The molecule has 0 radical (unpaired) electrons. The van der Waals surface area contributed by atoms with E-state index in [1.54, 1.807) is 6.92 Å². The van der Waals surface area contributed by atoms with E-state index in [0.29, 0.717) is 5.75 Å². The Morgan fingerprint density at radius 2 is 1.96 bits per heavy atom. The topological polar surface area (TPSA) is 84.5 Å². The Kier molecular flexibility index (Phi) is 6.25. The number of benzene rings is 1. The van der Waals surface area contributed by atoms with E-state index < -0.39 is 17.3 Å². The average molecular weight is 350 g/mol. The minimum atomic E-state index is -0.638. The number of amides is 2. The molecule has 2 N–H and O–H groups in total. The highest BCUT2D eigenvalue weighted by Gasteiger charge is 2.34. The first kappa shape index (κ1) is 18.3. The van der Waals surface area contributed by atoms with E-state index in [9.17, 15) is 14.4 Å². The Hall–Kier alpha value is -2.02. The van der Waals surface area contributed by atoms with Gasteiger partial charge in [0.1, 0.15) is 6.04 Å². The van der Waals surface area contributed by atoms with Gasteiger partial charge in [-0.2, -0.15) is 0 Å². The average Bonchev–Trinajstić information content (AvgIpc) is 2.48. The Morgan fingerprint density at radius 1 is 1.29 bits per heavy atom. The van der Waals surface area contributed by atoms with Crippen LogP contribution in [0.1, 0.15) is 24.5 Å². The van der Waals surface area contributed by atoms with E-state index in [-0.39, 0.29) is 24.8 Å². The van der Waals surface area contributed by atoms with E-state index in [0.717, 1.165) is 16.8 Å². The van der Waals surface area contributed by atoms with Gasteiger partial charge in [0.05, 0.1) is 11.9 Å². The zero-order valence-electron chi connectivity index (χ0n) is 14.0. The number of ether oxygens (including phenoxy) is 1. The lowest BCUT2D eigenvalue weighted by Crippen LogP contribution is -2.51. The maximum Gasteiger partial charge on any atom is 0.329 e. The molecule has 1 saturated heterocycles. The minimum absolute atomic E-state index is 0.0685. The fourth-order valence-corrected chi connectivity index (χ4v) is 3.68. The molecule has 1 aromatic rings. The lowest BCUT2D eigenvalue weighted by atomic mass is 10.1. The van der Waals surface area contributed by atoms with Crippen molar-refractivity contribution in [1.82, 2.24) is 5.32 Å². The summed E-state index contributed by atoms with van der Waals surface area (Å²) < 4.78 is 4.90. The van der Waals surface area contributed by atoms with Crippen LogP contribution in [0, 0.1) is 13.8 Å². The monoisotopic (exact) mass is 350 g/mol. The molecule has 0 aliphatic carbocycles. The van der Waals surface area contributed by atoms with Gasteiger partial charge in [-0.3, -0.25) is 9.59 Å². The summed E-state index contributed by atoms with van der Waals surface area (Å²) in [6.45, 7) is 5.92. The molecule has 0 aromatic heterocycles. The fraction of sp³-hybridized carbons (Fsp3) is 0.471. The molecule has 0 saturated carbocycles.